The van der Waals surface area contributed by atoms with Crippen LogP contribution >= 0.6 is 0 Å². The van der Waals surface area contributed by atoms with E-state index in [1.165, 1.54) is 5.69 Å². The van der Waals surface area contributed by atoms with Crippen LogP contribution in [0.3, 0.4) is 0 Å². The zero-order valence-electron chi connectivity index (χ0n) is 9.49. The fourth-order valence-electron chi connectivity index (χ4n) is 1.43. The Hall–Kier alpha value is -1.18. The Morgan fingerprint density at radius 2 is 1.86 bits per heavy atom. The average molecular weight is 192 g/mol. The van der Waals surface area contributed by atoms with Crippen LogP contribution in [0.2, 0.25) is 0 Å². The summed E-state index contributed by atoms with van der Waals surface area (Å²) in [6, 6.07) is 8.54. The van der Waals surface area contributed by atoms with E-state index in [9.17, 15) is 0 Å². The summed E-state index contributed by atoms with van der Waals surface area (Å²) in [5.41, 5.74) is 7.76. The van der Waals surface area contributed by atoms with E-state index in [0.717, 1.165) is 5.69 Å². The predicted molar refractivity (Wildman–Crippen MR) is 63.6 cm³/mol. The van der Waals surface area contributed by atoms with Gasteiger partial charge in [-0.2, -0.15) is 0 Å². The van der Waals surface area contributed by atoms with Gasteiger partial charge in [0.1, 0.15) is 0 Å². The van der Waals surface area contributed by atoms with Gasteiger partial charge < -0.3 is 10.6 Å². The van der Waals surface area contributed by atoms with Gasteiger partial charge in [0, 0.05) is 24.5 Å². The molecule has 0 saturated heterocycles. The van der Waals surface area contributed by atoms with Crippen LogP contribution in [0.4, 0.5) is 11.4 Å². The first-order chi connectivity index (χ1) is 6.52. The molecule has 0 spiro atoms. The number of hydrogen-bond donors (Lipinski definition) is 1. The monoisotopic (exact) mass is 192 g/mol. The van der Waals surface area contributed by atoms with Gasteiger partial charge in [-0.3, -0.25) is 0 Å². The van der Waals surface area contributed by atoms with Crippen LogP contribution in [0.15, 0.2) is 24.3 Å². The molecule has 0 amide bonds. The van der Waals surface area contributed by atoms with E-state index < -0.39 is 0 Å². The van der Waals surface area contributed by atoms with Crippen molar-refractivity contribution in [1.82, 2.24) is 0 Å². The zero-order chi connectivity index (χ0) is 10.7. The number of nitrogen functional groups attached to an aromatic ring is 1. The number of nitrogens with zero attached hydrogens (tertiary/aromatic N) is 1. The van der Waals surface area contributed by atoms with E-state index in [-0.39, 0.29) is 0 Å². The highest BCUT2D eigenvalue weighted by Gasteiger charge is 2.13. The van der Waals surface area contributed by atoms with E-state index >= 15 is 0 Å². The van der Waals surface area contributed by atoms with E-state index in [4.69, 9.17) is 5.73 Å². The first kappa shape index (κ1) is 10.9. The molecule has 1 unspecified atom stereocenters. The van der Waals surface area contributed by atoms with Gasteiger partial charge in [-0.1, -0.05) is 19.9 Å². The summed E-state index contributed by atoms with van der Waals surface area (Å²) in [5.74, 6) is 0.640. The summed E-state index contributed by atoms with van der Waals surface area (Å²) < 4.78 is 0. The molecule has 0 aliphatic carbocycles. The summed E-state index contributed by atoms with van der Waals surface area (Å²) in [7, 11) is 2.11. The molecular weight excluding hydrogens is 172 g/mol. The second-order valence-electron chi connectivity index (χ2n) is 4.19. The summed E-state index contributed by atoms with van der Waals surface area (Å²) in [4.78, 5) is 2.26. The summed E-state index contributed by atoms with van der Waals surface area (Å²) in [6.45, 7) is 6.69. The summed E-state index contributed by atoms with van der Waals surface area (Å²) in [6.07, 6.45) is 0. The van der Waals surface area contributed by atoms with Crippen molar-refractivity contribution in [2.75, 3.05) is 17.7 Å². The molecular formula is C12H20N2. The van der Waals surface area contributed by atoms with Crippen molar-refractivity contribution in [3.8, 4) is 0 Å². The lowest BCUT2D eigenvalue weighted by Crippen LogP contribution is -2.33. The number of benzene rings is 1. The lowest BCUT2D eigenvalue weighted by atomic mass is 10.0. The van der Waals surface area contributed by atoms with Crippen molar-refractivity contribution in [1.29, 1.82) is 0 Å². The van der Waals surface area contributed by atoms with Crippen LogP contribution in [0.25, 0.3) is 0 Å². The molecule has 0 saturated carbocycles. The van der Waals surface area contributed by atoms with Crippen molar-refractivity contribution in [2.24, 2.45) is 5.92 Å². The minimum Gasteiger partial charge on any atom is -0.399 e. The lowest BCUT2D eigenvalue weighted by molar-refractivity contribution is 0.505. The standard InChI is InChI=1S/C12H20N2/c1-9(2)10(3)14(4)12-7-5-6-11(13)8-12/h5-10H,13H2,1-4H3. The molecule has 0 aromatic heterocycles. The van der Waals surface area contributed by atoms with E-state index in [1.807, 2.05) is 18.2 Å². The van der Waals surface area contributed by atoms with Gasteiger partial charge in [0.05, 0.1) is 0 Å². The van der Waals surface area contributed by atoms with Gasteiger partial charge in [-0.05, 0) is 31.0 Å². The van der Waals surface area contributed by atoms with Crippen LogP contribution in [0.5, 0.6) is 0 Å². The van der Waals surface area contributed by atoms with E-state index in [1.54, 1.807) is 0 Å². The fourth-order valence-corrected chi connectivity index (χ4v) is 1.43. The molecule has 2 N–H and O–H groups in total. The number of anilines is 2. The lowest BCUT2D eigenvalue weighted by Gasteiger charge is -2.30. The number of hydrogen-bond acceptors (Lipinski definition) is 2. The summed E-state index contributed by atoms with van der Waals surface area (Å²) >= 11 is 0. The maximum absolute atomic E-state index is 5.75. The van der Waals surface area contributed by atoms with Gasteiger partial charge in [0.25, 0.3) is 0 Å². The van der Waals surface area contributed by atoms with Gasteiger partial charge in [-0.25, -0.2) is 0 Å². The van der Waals surface area contributed by atoms with Gasteiger partial charge in [-0.15, -0.1) is 0 Å². The Morgan fingerprint density at radius 3 is 2.36 bits per heavy atom. The molecule has 1 atom stereocenters. The largest absolute Gasteiger partial charge is 0.399 e. The Labute approximate surface area is 86.7 Å². The second-order valence-corrected chi connectivity index (χ2v) is 4.19. The predicted octanol–water partition coefficient (Wildman–Crippen LogP) is 2.75. The molecule has 14 heavy (non-hydrogen) atoms. The molecule has 2 heteroatoms. The van der Waals surface area contributed by atoms with Crippen molar-refractivity contribution >= 4 is 11.4 Å². The molecule has 1 aromatic carbocycles. The van der Waals surface area contributed by atoms with Crippen LogP contribution < -0.4 is 10.6 Å². The van der Waals surface area contributed by atoms with Gasteiger partial charge in [0.15, 0.2) is 0 Å². The minimum atomic E-state index is 0.525. The Bertz CT molecular complexity index is 294. The smallest absolute Gasteiger partial charge is 0.0386 e. The van der Waals surface area contributed by atoms with Gasteiger partial charge >= 0.3 is 0 Å². The molecule has 0 radical (unpaired) electrons. The molecule has 2 nitrogen and oxygen atoms in total. The molecule has 0 aliphatic heterocycles. The summed E-state index contributed by atoms with van der Waals surface area (Å²) in [5, 5.41) is 0. The third-order valence-electron chi connectivity index (χ3n) is 2.85. The molecule has 0 heterocycles. The Kier molecular flexibility index (Phi) is 3.39. The topological polar surface area (TPSA) is 29.3 Å². The molecule has 1 rings (SSSR count). The fraction of sp³-hybridized carbons (Fsp3) is 0.500. The van der Waals surface area contributed by atoms with E-state index in [2.05, 4.69) is 38.8 Å². The molecule has 0 bridgehead atoms. The SMILES string of the molecule is CC(C)C(C)N(C)c1cccc(N)c1. The second kappa shape index (κ2) is 4.36. The first-order valence-corrected chi connectivity index (χ1v) is 5.10. The average Bonchev–Trinajstić information content (AvgIpc) is 2.15. The quantitative estimate of drug-likeness (QED) is 0.746. The Morgan fingerprint density at radius 1 is 1.21 bits per heavy atom. The van der Waals surface area contributed by atoms with Crippen molar-refractivity contribution in [3.05, 3.63) is 24.3 Å². The Balaban J connectivity index is 2.83. The van der Waals surface area contributed by atoms with Crippen LogP contribution in [0, 0.1) is 5.92 Å². The van der Waals surface area contributed by atoms with Gasteiger partial charge in [0.2, 0.25) is 0 Å². The van der Waals surface area contributed by atoms with Crippen molar-refractivity contribution in [2.45, 2.75) is 26.8 Å². The molecule has 0 fully saturated rings. The van der Waals surface area contributed by atoms with Crippen molar-refractivity contribution < 1.29 is 0 Å². The van der Waals surface area contributed by atoms with Crippen LogP contribution in [0.1, 0.15) is 20.8 Å². The van der Waals surface area contributed by atoms with Crippen LogP contribution in [-0.4, -0.2) is 13.1 Å². The third-order valence-corrected chi connectivity index (χ3v) is 2.85. The van der Waals surface area contributed by atoms with Crippen LogP contribution in [-0.2, 0) is 0 Å². The zero-order valence-corrected chi connectivity index (χ0v) is 9.49. The first-order valence-electron chi connectivity index (χ1n) is 5.10. The normalized spacial score (nSPS) is 12.9. The highest BCUT2D eigenvalue weighted by atomic mass is 15.1. The molecule has 0 aliphatic rings. The molecule has 1 aromatic rings. The third kappa shape index (κ3) is 2.41. The highest BCUT2D eigenvalue weighted by molar-refractivity contribution is 5.55. The highest BCUT2D eigenvalue weighted by Crippen LogP contribution is 2.20. The number of rotatable bonds is 3. The number of nitrogens with two attached hydrogens (primary N) is 1. The minimum absolute atomic E-state index is 0.525. The van der Waals surface area contributed by atoms with E-state index in [0.29, 0.717) is 12.0 Å². The molecule has 78 valence electrons. The van der Waals surface area contributed by atoms with Crippen molar-refractivity contribution in [3.63, 3.8) is 0 Å². The maximum atomic E-state index is 5.75. The maximum Gasteiger partial charge on any atom is 0.0386 e.